The van der Waals surface area contributed by atoms with Crippen molar-refractivity contribution in [3.8, 4) is 5.75 Å². The molecule has 4 rings (SSSR count). The second kappa shape index (κ2) is 12.6. The van der Waals surface area contributed by atoms with Crippen molar-refractivity contribution in [1.29, 1.82) is 0 Å². The Labute approximate surface area is 224 Å². The summed E-state index contributed by atoms with van der Waals surface area (Å²) in [7, 11) is 1.61. The zero-order valence-electron chi connectivity index (χ0n) is 22.5. The molecule has 1 heterocycles. The molecule has 3 aromatic carbocycles. The lowest BCUT2D eigenvalue weighted by Crippen LogP contribution is -2.49. The number of nitrogens with one attached hydrogen (secondary N) is 1. The smallest absolute Gasteiger partial charge is 0.258 e. The van der Waals surface area contributed by atoms with Gasteiger partial charge in [-0.05, 0) is 54.5 Å². The molecule has 0 bridgehead atoms. The van der Waals surface area contributed by atoms with Gasteiger partial charge < -0.3 is 19.9 Å². The van der Waals surface area contributed by atoms with Gasteiger partial charge >= 0.3 is 0 Å². The SMILES string of the molecule is CCCCNC(=O)C(CC)N(Cc1cccc(OC)c1)C(=O)CCCN1C(=O)c2cccc3cccc1c23. The zero-order valence-corrected chi connectivity index (χ0v) is 22.5. The molecule has 3 aromatic rings. The number of nitrogens with zero attached hydrogens (tertiary/aromatic N) is 2. The number of hydrogen-bond acceptors (Lipinski definition) is 4. The number of hydrogen-bond donors (Lipinski definition) is 1. The van der Waals surface area contributed by atoms with Crippen molar-refractivity contribution in [3.05, 3.63) is 71.8 Å². The summed E-state index contributed by atoms with van der Waals surface area (Å²) in [6.45, 7) is 5.34. The van der Waals surface area contributed by atoms with Crippen molar-refractivity contribution in [1.82, 2.24) is 10.2 Å². The number of methoxy groups -OCH3 is 1. The van der Waals surface area contributed by atoms with Gasteiger partial charge in [-0.25, -0.2) is 0 Å². The maximum Gasteiger partial charge on any atom is 0.258 e. The van der Waals surface area contributed by atoms with Crippen molar-refractivity contribution in [2.24, 2.45) is 0 Å². The minimum absolute atomic E-state index is 0.0285. The lowest BCUT2D eigenvalue weighted by molar-refractivity contribution is -0.141. The zero-order chi connectivity index (χ0) is 27.1. The monoisotopic (exact) mass is 515 g/mol. The van der Waals surface area contributed by atoms with E-state index in [-0.39, 0.29) is 24.1 Å². The van der Waals surface area contributed by atoms with E-state index in [1.807, 2.05) is 67.6 Å². The van der Waals surface area contributed by atoms with Crippen LogP contribution in [0.15, 0.2) is 60.7 Å². The van der Waals surface area contributed by atoms with Crippen LogP contribution in [0.2, 0.25) is 0 Å². The minimum Gasteiger partial charge on any atom is -0.497 e. The van der Waals surface area contributed by atoms with Crippen LogP contribution in [0.25, 0.3) is 10.8 Å². The molecule has 7 heteroatoms. The third kappa shape index (κ3) is 5.82. The van der Waals surface area contributed by atoms with Crippen molar-refractivity contribution < 1.29 is 19.1 Å². The number of unbranched alkanes of at least 4 members (excludes halogenated alkanes) is 1. The quantitative estimate of drug-likeness (QED) is 0.313. The lowest BCUT2D eigenvalue weighted by Gasteiger charge is -2.31. The topological polar surface area (TPSA) is 79.0 Å². The van der Waals surface area contributed by atoms with Gasteiger partial charge in [-0.15, -0.1) is 0 Å². The summed E-state index contributed by atoms with van der Waals surface area (Å²) in [4.78, 5) is 43.3. The van der Waals surface area contributed by atoms with E-state index in [9.17, 15) is 14.4 Å². The predicted molar refractivity (Wildman–Crippen MR) is 150 cm³/mol. The number of anilines is 1. The van der Waals surface area contributed by atoms with Gasteiger partial charge in [0.25, 0.3) is 5.91 Å². The minimum atomic E-state index is -0.572. The number of ether oxygens (including phenoxy) is 1. The fourth-order valence-electron chi connectivity index (χ4n) is 5.13. The Morgan fingerprint density at radius 3 is 2.53 bits per heavy atom. The molecule has 1 atom stereocenters. The van der Waals surface area contributed by atoms with Crippen molar-refractivity contribution >= 4 is 34.2 Å². The Kier molecular flexibility index (Phi) is 9.00. The molecule has 0 saturated heterocycles. The summed E-state index contributed by atoms with van der Waals surface area (Å²) in [5.74, 6) is 0.442. The molecule has 38 heavy (non-hydrogen) atoms. The first kappa shape index (κ1) is 27.2. The normalized spacial score (nSPS) is 13.0. The molecule has 0 saturated carbocycles. The van der Waals surface area contributed by atoms with E-state index < -0.39 is 6.04 Å². The molecule has 0 fully saturated rings. The van der Waals surface area contributed by atoms with E-state index in [1.165, 1.54) is 0 Å². The van der Waals surface area contributed by atoms with Crippen LogP contribution >= 0.6 is 0 Å². The average Bonchev–Trinajstić information content (AvgIpc) is 3.21. The van der Waals surface area contributed by atoms with Crippen LogP contribution in [0.4, 0.5) is 5.69 Å². The van der Waals surface area contributed by atoms with Gasteiger partial charge in [0.2, 0.25) is 11.8 Å². The maximum atomic E-state index is 13.6. The summed E-state index contributed by atoms with van der Waals surface area (Å²) in [6.07, 6.45) is 3.12. The maximum absolute atomic E-state index is 13.6. The number of carbonyl (C=O) groups excluding carboxylic acids is 3. The van der Waals surface area contributed by atoms with Crippen molar-refractivity contribution in [2.45, 2.75) is 58.5 Å². The summed E-state index contributed by atoms with van der Waals surface area (Å²) < 4.78 is 5.36. The summed E-state index contributed by atoms with van der Waals surface area (Å²) in [5.41, 5.74) is 2.50. The highest BCUT2D eigenvalue weighted by atomic mass is 16.5. The Morgan fingerprint density at radius 2 is 1.79 bits per heavy atom. The van der Waals surface area contributed by atoms with Gasteiger partial charge in [0.05, 0.1) is 12.8 Å². The molecule has 0 aliphatic carbocycles. The van der Waals surface area contributed by atoms with Gasteiger partial charge in [-0.3, -0.25) is 14.4 Å². The lowest BCUT2D eigenvalue weighted by atomic mass is 10.1. The molecular formula is C31H37N3O4. The third-order valence-corrected chi connectivity index (χ3v) is 7.12. The Balaban J connectivity index is 1.48. The summed E-state index contributed by atoms with van der Waals surface area (Å²) >= 11 is 0. The second-order valence-electron chi connectivity index (χ2n) is 9.68. The fraction of sp³-hybridized carbons (Fsp3) is 0.387. The van der Waals surface area contributed by atoms with Gasteiger partial charge in [-0.2, -0.15) is 0 Å². The van der Waals surface area contributed by atoms with E-state index in [0.29, 0.717) is 43.8 Å². The Morgan fingerprint density at radius 1 is 1.03 bits per heavy atom. The van der Waals surface area contributed by atoms with Gasteiger partial charge in [-0.1, -0.05) is 56.7 Å². The van der Waals surface area contributed by atoms with Crippen LogP contribution in [0.5, 0.6) is 5.75 Å². The number of amides is 3. The molecule has 0 spiro atoms. The van der Waals surface area contributed by atoms with Crippen LogP contribution < -0.4 is 15.0 Å². The highest BCUT2D eigenvalue weighted by Crippen LogP contribution is 2.37. The molecule has 1 N–H and O–H groups in total. The molecule has 7 nitrogen and oxygen atoms in total. The van der Waals surface area contributed by atoms with E-state index in [4.69, 9.17) is 4.74 Å². The van der Waals surface area contributed by atoms with Crippen LogP contribution in [0.3, 0.4) is 0 Å². The summed E-state index contributed by atoms with van der Waals surface area (Å²) in [5, 5.41) is 5.01. The standard InChI is InChI=1S/C31H37N3O4/c1-4-6-18-32-30(36)26(5-2)34(21-22-11-7-14-24(20-22)38-3)28(35)17-10-19-33-27-16-9-13-23-12-8-15-25(29(23)27)31(33)37/h7-9,11-16,20,26H,4-6,10,17-19,21H2,1-3H3,(H,32,36). The third-order valence-electron chi connectivity index (χ3n) is 7.12. The second-order valence-corrected chi connectivity index (χ2v) is 9.68. The fourth-order valence-corrected chi connectivity index (χ4v) is 5.13. The first-order valence-electron chi connectivity index (χ1n) is 13.5. The van der Waals surface area contributed by atoms with Crippen LogP contribution in [0.1, 0.15) is 61.9 Å². The van der Waals surface area contributed by atoms with Gasteiger partial charge in [0, 0.05) is 37.0 Å². The van der Waals surface area contributed by atoms with E-state index >= 15 is 0 Å². The molecular weight excluding hydrogens is 478 g/mol. The van der Waals surface area contributed by atoms with E-state index in [2.05, 4.69) is 12.2 Å². The molecule has 0 aromatic heterocycles. The summed E-state index contributed by atoms with van der Waals surface area (Å²) in [6, 6.07) is 18.7. The average molecular weight is 516 g/mol. The predicted octanol–water partition coefficient (Wildman–Crippen LogP) is 5.31. The largest absolute Gasteiger partial charge is 0.497 e. The van der Waals surface area contributed by atoms with Gasteiger partial charge in [0.15, 0.2) is 0 Å². The number of benzene rings is 3. The molecule has 3 amide bonds. The highest BCUT2D eigenvalue weighted by Gasteiger charge is 2.31. The number of rotatable bonds is 13. The molecule has 1 aliphatic heterocycles. The van der Waals surface area contributed by atoms with E-state index in [0.717, 1.165) is 34.9 Å². The van der Waals surface area contributed by atoms with Crippen LogP contribution in [0, 0.1) is 0 Å². The first-order valence-corrected chi connectivity index (χ1v) is 13.5. The molecule has 1 unspecified atom stereocenters. The Bertz CT molecular complexity index is 1300. The van der Waals surface area contributed by atoms with E-state index in [1.54, 1.807) is 16.9 Å². The molecule has 0 radical (unpaired) electrons. The van der Waals surface area contributed by atoms with Crippen LogP contribution in [-0.2, 0) is 16.1 Å². The number of carbonyl (C=O) groups is 3. The Hall–Kier alpha value is -3.87. The highest BCUT2D eigenvalue weighted by molar-refractivity contribution is 6.25. The molecule has 1 aliphatic rings. The van der Waals surface area contributed by atoms with Crippen LogP contribution in [-0.4, -0.2) is 48.9 Å². The first-order chi connectivity index (χ1) is 18.5. The van der Waals surface area contributed by atoms with Crippen molar-refractivity contribution in [3.63, 3.8) is 0 Å². The van der Waals surface area contributed by atoms with Crippen molar-refractivity contribution in [2.75, 3.05) is 25.1 Å². The van der Waals surface area contributed by atoms with Gasteiger partial charge in [0.1, 0.15) is 11.8 Å². The molecule has 200 valence electrons.